The number of hydrogen-bond donors (Lipinski definition) is 2. The highest BCUT2D eigenvalue weighted by Gasteiger charge is 2.21. The molecule has 0 saturated carbocycles. The van der Waals surface area contributed by atoms with Gasteiger partial charge in [0.2, 0.25) is 0 Å². The Balaban J connectivity index is 0.00000625. The average Bonchev–Trinajstić information content (AvgIpc) is 2.53. The molecule has 0 aliphatic carbocycles. The first-order chi connectivity index (χ1) is 11.8. The molecule has 1 aliphatic heterocycles. The van der Waals surface area contributed by atoms with Gasteiger partial charge in [-0.1, -0.05) is 27.7 Å². The highest BCUT2D eigenvalue weighted by atomic mass is 127. The number of nitrogens with zero attached hydrogens (tertiary/aromatic N) is 3. The molecule has 6 nitrogen and oxygen atoms in total. The Morgan fingerprint density at radius 1 is 1.19 bits per heavy atom. The predicted molar refractivity (Wildman–Crippen MR) is 123 cm³/mol. The Hall–Kier alpha value is -0.120. The maximum absolute atomic E-state index is 5.91. The van der Waals surface area contributed by atoms with E-state index in [1.807, 2.05) is 7.05 Å². The summed E-state index contributed by atoms with van der Waals surface area (Å²) in [6, 6.07) is 0.506. The van der Waals surface area contributed by atoms with Gasteiger partial charge in [-0.15, -0.1) is 24.0 Å². The molecule has 156 valence electrons. The van der Waals surface area contributed by atoms with E-state index < -0.39 is 0 Å². The number of guanidine groups is 1. The lowest BCUT2D eigenvalue weighted by atomic mass is 10.0. The third-order valence-electron chi connectivity index (χ3n) is 4.55. The Bertz CT molecular complexity index is 390. The fourth-order valence-corrected chi connectivity index (χ4v) is 3.25. The lowest BCUT2D eigenvalue weighted by Gasteiger charge is -2.34. The van der Waals surface area contributed by atoms with Crippen LogP contribution < -0.4 is 10.6 Å². The Morgan fingerprint density at radius 3 is 2.42 bits per heavy atom. The second-order valence-electron chi connectivity index (χ2n) is 8.23. The van der Waals surface area contributed by atoms with Crippen molar-refractivity contribution in [1.82, 2.24) is 20.4 Å². The topological polar surface area (TPSA) is 52.1 Å². The number of morpholine rings is 1. The number of ether oxygens (including phenoxy) is 1. The van der Waals surface area contributed by atoms with Crippen molar-refractivity contribution >= 4 is 29.9 Å². The van der Waals surface area contributed by atoms with Crippen LogP contribution in [0, 0.1) is 11.8 Å². The summed E-state index contributed by atoms with van der Waals surface area (Å²) in [6.07, 6.45) is 1.40. The SMILES string of the molecule is CN=C(NCC1CN(CC(C)C)CCO1)NCC(CC(C)C)N(C)C.I. The maximum Gasteiger partial charge on any atom is 0.191 e. The van der Waals surface area contributed by atoms with Gasteiger partial charge in [-0.2, -0.15) is 0 Å². The second-order valence-corrected chi connectivity index (χ2v) is 8.23. The Kier molecular flexibility index (Phi) is 13.9. The van der Waals surface area contributed by atoms with E-state index in [2.05, 4.69) is 67.2 Å². The largest absolute Gasteiger partial charge is 0.374 e. The van der Waals surface area contributed by atoms with Crippen molar-refractivity contribution in [2.24, 2.45) is 16.8 Å². The van der Waals surface area contributed by atoms with Crippen molar-refractivity contribution in [3.63, 3.8) is 0 Å². The van der Waals surface area contributed by atoms with E-state index in [0.29, 0.717) is 17.9 Å². The van der Waals surface area contributed by atoms with E-state index >= 15 is 0 Å². The number of aliphatic imine (C=N–C) groups is 1. The van der Waals surface area contributed by atoms with Crippen LogP contribution in [0.5, 0.6) is 0 Å². The van der Waals surface area contributed by atoms with Gasteiger partial charge in [0.1, 0.15) is 0 Å². The van der Waals surface area contributed by atoms with Gasteiger partial charge in [-0.05, 0) is 32.4 Å². The first-order valence-corrected chi connectivity index (χ1v) is 9.76. The van der Waals surface area contributed by atoms with Crippen molar-refractivity contribution in [2.75, 3.05) is 60.5 Å². The highest BCUT2D eigenvalue weighted by molar-refractivity contribution is 14.0. The zero-order valence-corrected chi connectivity index (χ0v) is 20.2. The van der Waals surface area contributed by atoms with Gasteiger partial charge < -0.3 is 20.3 Å². The molecular formula is C19H42IN5O. The predicted octanol–water partition coefficient (Wildman–Crippen LogP) is 2.10. The summed E-state index contributed by atoms with van der Waals surface area (Å²) in [5.41, 5.74) is 0. The first-order valence-electron chi connectivity index (χ1n) is 9.76. The smallest absolute Gasteiger partial charge is 0.191 e. The molecule has 2 N–H and O–H groups in total. The van der Waals surface area contributed by atoms with Crippen LogP contribution in [0.4, 0.5) is 0 Å². The van der Waals surface area contributed by atoms with Crippen LogP contribution in [0.25, 0.3) is 0 Å². The molecule has 0 aromatic carbocycles. The standard InChI is InChI=1S/C19H41N5O.HI/c1-15(2)10-17(23(6)7)11-21-19(20-5)22-12-18-14-24(8-9-25-18)13-16(3)4;/h15-18H,8-14H2,1-7H3,(H2,20,21,22);1H. The summed E-state index contributed by atoms with van der Waals surface area (Å²) in [4.78, 5) is 9.14. The molecule has 0 bridgehead atoms. The fraction of sp³-hybridized carbons (Fsp3) is 0.947. The number of likely N-dealkylation sites (N-methyl/N-ethyl adjacent to an activating group) is 1. The molecule has 2 unspecified atom stereocenters. The van der Waals surface area contributed by atoms with Gasteiger partial charge in [0.05, 0.1) is 12.7 Å². The zero-order valence-electron chi connectivity index (χ0n) is 17.9. The lowest BCUT2D eigenvalue weighted by Crippen LogP contribution is -2.51. The summed E-state index contributed by atoms with van der Waals surface area (Å²) < 4.78 is 5.91. The fourth-order valence-electron chi connectivity index (χ4n) is 3.25. The van der Waals surface area contributed by atoms with Crippen LogP contribution in [0.15, 0.2) is 4.99 Å². The minimum Gasteiger partial charge on any atom is -0.374 e. The van der Waals surface area contributed by atoms with Crippen molar-refractivity contribution in [2.45, 2.75) is 46.3 Å². The molecule has 26 heavy (non-hydrogen) atoms. The summed E-state index contributed by atoms with van der Waals surface area (Å²) >= 11 is 0. The minimum absolute atomic E-state index is 0. The molecule has 1 rings (SSSR count). The van der Waals surface area contributed by atoms with E-state index in [0.717, 1.165) is 45.3 Å². The quantitative estimate of drug-likeness (QED) is 0.299. The van der Waals surface area contributed by atoms with E-state index in [1.54, 1.807) is 0 Å². The van der Waals surface area contributed by atoms with Crippen molar-refractivity contribution in [3.05, 3.63) is 0 Å². The molecular weight excluding hydrogens is 441 g/mol. The van der Waals surface area contributed by atoms with Gasteiger partial charge in [0.15, 0.2) is 5.96 Å². The van der Waals surface area contributed by atoms with Crippen LogP contribution in [0.2, 0.25) is 0 Å². The highest BCUT2D eigenvalue weighted by Crippen LogP contribution is 2.09. The Morgan fingerprint density at radius 2 is 1.88 bits per heavy atom. The average molecular weight is 483 g/mol. The van der Waals surface area contributed by atoms with E-state index in [-0.39, 0.29) is 30.1 Å². The third-order valence-corrected chi connectivity index (χ3v) is 4.55. The molecule has 1 fully saturated rings. The molecule has 0 aromatic heterocycles. The summed E-state index contributed by atoms with van der Waals surface area (Å²) in [5.74, 6) is 2.25. The molecule has 7 heteroatoms. The molecule has 0 amide bonds. The molecule has 2 atom stereocenters. The first kappa shape index (κ1) is 25.9. The molecule has 1 aliphatic rings. The second kappa shape index (κ2) is 14.0. The van der Waals surface area contributed by atoms with Crippen LogP contribution in [0.1, 0.15) is 34.1 Å². The van der Waals surface area contributed by atoms with E-state index in [4.69, 9.17) is 4.74 Å². The molecule has 1 saturated heterocycles. The van der Waals surface area contributed by atoms with Gasteiger partial charge in [0.25, 0.3) is 0 Å². The number of rotatable bonds is 9. The number of halogens is 1. The Labute approximate surface area is 178 Å². The van der Waals surface area contributed by atoms with Crippen molar-refractivity contribution < 1.29 is 4.74 Å². The van der Waals surface area contributed by atoms with E-state index in [9.17, 15) is 0 Å². The third kappa shape index (κ3) is 10.9. The number of hydrogen-bond acceptors (Lipinski definition) is 4. The van der Waals surface area contributed by atoms with Crippen molar-refractivity contribution in [1.29, 1.82) is 0 Å². The van der Waals surface area contributed by atoms with Gasteiger partial charge >= 0.3 is 0 Å². The van der Waals surface area contributed by atoms with Crippen LogP contribution in [-0.2, 0) is 4.74 Å². The normalized spacial score (nSPS) is 20.4. The lowest BCUT2D eigenvalue weighted by molar-refractivity contribution is -0.0284. The molecule has 0 spiro atoms. The zero-order chi connectivity index (χ0) is 18.8. The van der Waals surface area contributed by atoms with Crippen molar-refractivity contribution in [3.8, 4) is 0 Å². The van der Waals surface area contributed by atoms with Crippen LogP contribution >= 0.6 is 24.0 Å². The maximum atomic E-state index is 5.91. The summed E-state index contributed by atoms with van der Waals surface area (Å²) in [6.45, 7) is 14.8. The van der Waals surface area contributed by atoms with Gasteiger partial charge in [0, 0.05) is 45.8 Å². The van der Waals surface area contributed by atoms with Crippen LogP contribution in [-0.4, -0.2) is 88.4 Å². The monoisotopic (exact) mass is 483 g/mol. The van der Waals surface area contributed by atoms with Crippen LogP contribution in [0.3, 0.4) is 0 Å². The number of nitrogens with one attached hydrogen (secondary N) is 2. The van der Waals surface area contributed by atoms with Gasteiger partial charge in [-0.25, -0.2) is 0 Å². The van der Waals surface area contributed by atoms with Gasteiger partial charge in [-0.3, -0.25) is 9.89 Å². The summed E-state index contributed by atoms with van der Waals surface area (Å²) in [7, 11) is 6.11. The van der Waals surface area contributed by atoms with E-state index in [1.165, 1.54) is 6.42 Å². The minimum atomic E-state index is 0. The molecule has 0 radical (unpaired) electrons. The molecule has 1 heterocycles. The molecule has 0 aromatic rings. The summed E-state index contributed by atoms with van der Waals surface area (Å²) in [5, 5.41) is 6.90.